The van der Waals surface area contributed by atoms with Gasteiger partial charge in [0.25, 0.3) is 0 Å². The van der Waals surface area contributed by atoms with Crippen LogP contribution in [0.25, 0.3) is 21.5 Å². The van der Waals surface area contributed by atoms with E-state index in [1.165, 1.54) is 12.1 Å². The standard InChI is InChI=1S/C20H14N2O3S.Na/c23-26(24,25)16-11-12-18-15(13-16)7-4-10-20(18)22-21-19-9-3-6-14-5-1-2-8-17(14)19;/h1-13H,(H,23,24,25);/q;+1/p-1. The van der Waals surface area contributed by atoms with Crippen molar-refractivity contribution in [3.8, 4) is 0 Å². The summed E-state index contributed by atoms with van der Waals surface area (Å²) in [6, 6.07) is 23.2. The molecule has 0 aromatic heterocycles. The van der Waals surface area contributed by atoms with Gasteiger partial charge in [0.2, 0.25) is 0 Å². The van der Waals surface area contributed by atoms with Crippen LogP contribution in [-0.2, 0) is 10.1 Å². The van der Waals surface area contributed by atoms with E-state index in [-0.39, 0.29) is 34.5 Å². The molecule has 0 N–H and O–H groups in total. The van der Waals surface area contributed by atoms with E-state index in [4.69, 9.17) is 0 Å². The molecule has 0 atom stereocenters. The Morgan fingerprint density at radius 3 is 1.89 bits per heavy atom. The molecule has 0 fully saturated rings. The van der Waals surface area contributed by atoms with Crippen LogP contribution in [0.5, 0.6) is 0 Å². The molecule has 7 heteroatoms. The van der Waals surface area contributed by atoms with Gasteiger partial charge < -0.3 is 4.55 Å². The van der Waals surface area contributed by atoms with E-state index in [2.05, 4.69) is 10.2 Å². The van der Waals surface area contributed by atoms with E-state index in [0.29, 0.717) is 11.1 Å². The quantitative estimate of drug-likeness (QED) is 0.309. The van der Waals surface area contributed by atoms with Crippen molar-refractivity contribution in [3.05, 3.63) is 78.9 Å². The molecular weight excluding hydrogens is 371 g/mol. The van der Waals surface area contributed by atoms with Crippen LogP contribution in [0.15, 0.2) is 94.0 Å². The van der Waals surface area contributed by atoms with E-state index < -0.39 is 10.1 Å². The summed E-state index contributed by atoms with van der Waals surface area (Å²) in [5, 5.41) is 12.1. The maximum atomic E-state index is 11.2. The van der Waals surface area contributed by atoms with Crippen LogP contribution in [0.2, 0.25) is 0 Å². The first-order valence-corrected chi connectivity index (χ1v) is 9.31. The molecule has 5 nitrogen and oxygen atoms in total. The molecule has 0 radical (unpaired) electrons. The topological polar surface area (TPSA) is 81.9 Å². The molecule has 0 aliphatic rings. The third kappa shape index (κ3) is 4.10. The molecule has 0 aliphatic heterocycles. The van der Waals surface area contributed by atoms with Gasteiger partial charge in [-0.3, -0.25) is 0 Å². The van der Waals surface area contributed by atoms with Gasteiger partial charge in [0, 0.05) is 10.8 Å². The molecule has 0 aliphatic carbocycles. The molecule has 0 amide bonds. The number of hydrogen-bond donors (Lipinski definition) is 0. The molecule has 4 aromatic rings. The summed E-state index contributed by atoms with van der Waals surface area (Å²) in [4.78, 5) is -0.256. The summed E-state index contributed by atoms with van der Waals surface area (Å²) < 4.78 is 33.6. The third-order valence-corrected chi connectivity index (χ3v) is 4.98. The fourth-order valence-electron chi connectivity index (χ4n) is 2.89. The van der Waals surface area contributed by atoms with Crippen molar-refractivity contribution in [1.29, 1.82) is 0 Å². The molecule has 0 heterocycles. The Morgan fingerprint density at radius 2 is 1.22 bits per heavy atom. The summed E-state index contributed by atoms with van der Waals surface area (Å²) in [5.41, 5.74) is 1.35. The minimum atomic E-state index is -4.49. The number of azo groups is 1. The zero-order valence-corrected chi connectivity index (χ0v) is 17.3. The Balaban J connectivity index is 0.00000210. The molecule has 27 heavy (non-hydrogen) atoms. The Labute approximate surface area is 178 Å². The van der Waals surface area contributed by atoms with Gasteiger partial charge in [0.15, 0.2) is 0 Å². The summed E-state index contributed by atoms with van der Waals surface area (Å²) in [7, 11) is -4.49. The molecule has 0 unspecified atom stereocenters. The maximum absolute atomic E-state index is 11.2. The molecule has 128 valence electrons. The van der Waals surface area contributed by atoms with E-state index in [1.54, 1.807) is 24.3 Å². The Bertz CT molecular complexity index is 1270. The molecule has 4 aromatic carbocycles. The average molecular weight is 384 g/mol. The average Bonchev–Trinajstić information content (AvgIpc) is 2.65. The number of nitrogens with zero attached hydrogens (tertiary/aromatic N) is 2. The van der Waals surface area contributed by atoms with Crippen LogP contribution in [0.4, 0.5) is 11.4 Å². The van der Waals surface area contributed by atoms with Crippen molar-refractivity contribution in [2.45, 2.75) is 4.90 Å². The smallest absolute Gasteiger partial charge is 0.744 e. The second-order valence-electron chi connectivity index (χ2n) is 5.81. The van der Waals surface area contributed by atoms with E-state index >= 15 is 0 Å². The number of rotatable bonds is 3. The zero-order valence-electron chi connectivity index (χ0n) is 14.5. The molecule has 0 spiro atoms. The van der Waals surface area contributed by atoms with Gasteiger partial charge in [-0.05, 0) is 35.0 Å². The van der Waals surface area contributed by atoms with Crippen molar-refractivity contribution >= 4 is 43.0 Å². The first kappa shape index (κ1) is 19.7. The molecule has 0 bridgehead atoms. The van der Waals surface area contributed by atoms with Crippen molar-refractivity contribution in [3.63, 3.8) is 0 Å². The summed E-state index contributed by atoms with van der Waals surface area (Å²) in [6.07, 6.45) is 0. The van der Waals surface area contributed by atoms with Gasteiger partial charge in [-0.1, -0.05) is 54.6 Å². The first-order valence-electron chi connectivity index (χ1n) is 7.90. The van der Waals surface area contributed by atoms with Crippen LogP contribution < -0.4 is 29.6 Å². The first-order chi connectivity index (χ1) is 12.5. The normalized spacial score (nSPS) is 11.7. The van der Waals surface area contributed by atoms with Gasteiger partial charge in [-0.25, -0.2) is 8.42 Å². The van der Waals surface area contributed by atoms with Crippen LogP contribution in [-0.4, -0.2) is 13.0 Å². The molecule has 0 saturated heterocycles. The maximum Gasteiger partial charge on any atom is 1.00 e. The summed E-state index contributed by atoms with van der Waals surface area (Å²) in [6.45, 7) is 0. The summed E-state index contributed by atoms with van der Waals surface area (Å²) >= 11 is 0. The van der Waals surface area contributed by atoms with Gasteiger partial charge in [-0.2, -0.15) is 0 Å². The zero-order chi connectivity index (χ0) is 18.1. The monoisotopic (exact) mass is 384 g/mol. The third-order valence-electron chi connectivity index (χ3n) is 4.15. The van der Waals surface area contributed by atoms with Crippen LogP contribution in [0.3, 0.4) is 0 Å². The number of hydrogen-bond acceptors (Lipinski definition) is 5. The van der Waals surface area contributed by atoms with E-state index in [9.17, 15) is 13.0 Å². The van der Waals surface area contributed by atoms with Crippen molar-refractivity contribution < 1.29 is 42.5 Å². The molecular formula is C20H13N2NaO3S. The summed E-state index contributed by atoms with van der Waals surface area (Å²) in [5.74, 6) is 0. The van der Waals surface area contributed by atoms with Crippen LogP contribution in [0.1, 0.15) is 0 Å². The van der Waals surface area contributed by atoms with Crippen LogP contribution in [0, 0.1) is 0 Å². The number of benzene rings is 4. The van der Waals surface area contributed by atoms with Gasteiger partial charge in [0.05, 0.1) is 16.3 Å². The SMILES string of the molecule is O=S(=O)([O-])c1ccc2c(N=Nc3cccc4ccccc34)cccc2c1.[Na+]. The van der Waals surface area contributed by atoms with Crippen molar-refractivity contribution in [2.24, 2.45) is 10.2 Å². The Kier molecular flexibility index (Phi) is 5.74. The molecule has 0 saturated carbocycles. The second-order valence-corrected chi connectivity index (χ2v) is 7.19. The van der Waals surface area contributed by atoms with Crippen molar-refractivity contribution in [1.82, 2.24) is 0 Å². The minimum Gasteiger partial charge on any atom is -0.744 e. The predicted octanol–water partition coefficient (Wildman–Crippen LogP) is 2.32. The van der Waals surface area contributed by atoms with E-state index in [0.717, 1.165) is 21.8 Å². The van der Waals surface area contributed by atoms with Gasteiger partial charge in [-0.15, -0.1) is 10.2 Å². The van der Waals surface area contributed by atoms with Gasteiger partial charge >= 0.3 is 29.6 Å². The van der Waals surface area contributed by atoms with Crippen molar-refractivity contribution in [2.75, 3.05) is 0 Å². The largest absolute Gasteiger partial charge is 1.00 e. The minimum absolute atomic E-state index is 0. The van der Waals surface area contributed by atoms with Crippen LogP contribution >= 0.6 is 0 Å². The fourth-order valence-corrected chi connectivity index (χ4v) is 3.40. The van der Waals surface area contributed by atoms with E-state index in [1.807, 2.05) is 42.5 Å². The Morgan fingerprint density at radius 1 is 0.667 bits per heavy atom. The number of fused-ring (bicyclic) bond motifs is 2. The van der Waals surface area contributed by atoms with Gasteiger partial charge in [0.1, 0.15) is 10.1 Å². The predicted molar refractivity (Wildman–Crippen MR) is 100 cm³/mol. The fraction of sp³-hybridized carbons (Fsp3) is 0. The molecule has 4 rings (SSSR count). The second kappa shape index (κ2) is 7.88. The Hall–Kier alpha value is -2.09.